The standard InChI is InChI=1S/C20H21ClFNO3/c1-3-13(2)19(14-7-5-4-6-8-14)20(25)26-12-18(24)23-17-10-9-15(22)11-16(17)21/h4-11,13,19H,3,12H2,1-2H3,(H,23,24)/t13-,19+/m1/s1. The lowest BCUT2D eigenvalue weighted by Gasteiger charge is -2.21. The van der Waals surface area contributed by atoms with Gasteiger partial charge in [-0.1, -0.05) is 62.2 Å². The van der Waals surface area contributed by atoms with Crippen LogP contribution in [-0.4, -0.2) is 18.5 Å². The number of amides is 1. The van der Waals surface area contributed by atoms with Crippen molar-refractivity contribution in [2.45, 2.75) is 26.2 Å². The van der Waals surface area contributed by atoms with Crippen LogP contribution < -0.4 is 5.32 Å². The van der Waals surface area contributed by atoms with E-state index in [0.717, 1.165) is 18.1 Å². The van der Waals surface area contributed by atoms with E-state index in [9.17, 15) is 14.0 Å². The Labute approximate surface area is 157 Å². The predicted octanol–water partition coefficient (Wildman–Crippen LogP) is 4.79. The molecule has 1 amide bonds. The Bertz CT molecular complexity index is 767. The summed E-state index contributed by atoms with van der Waals surface area (Å²) in [7, 11) is 0. The fourth-order valence-corrected chi connectivity index (χ4v) is 2.81. The van der Waals surface area contributed by atoms with Crippen molar-refractivity contribution in [1.29, 1.82) is 0 Å². The van der Waals surface area contributed by atoms with Crippen molar-refractivity contribution < 1.29 is 18.7 Å². The van der Waals surface area contributed by atoms with E-state index in [-0.39, 0.29) is 16.6 Å². The van der Waals surface area contributed by atoms with E-state index < -0.39 is 30.2 Å². The number of hydrogen-bond acceptors (Lipinski definition) is 3. The van der Waals surface area contributed by atoms with Gasteiger partial charge < -0.3 is 10.1 Å². The van der Waals surface area contributed by atoms with Crippen LogP contribution in [0.15, 0.2) is 48.5 Å². The van der Waals surface area contributed by atoms with E-state index in [1.165, 1.54) is 12.1 Å². The molecule has 0 saturated carbocycles. The SMILES string of the molecule is CC[C@@H](C)[C@H](C(=O)OCC(=O)Nc1ccc(F)cc1Cl)c1ccccc1. The van der Waals surface area contributed by atoms with Gasteiger partial charge in [0.15, 0.2) is 6.61 Å². The van der Waals surface area contributed by atoms with E-state index in [1.54, 1.807) is 0 Å². The highest BCUT2D eigenvalue weighted by Gasteiger charge is 2.27. The van der Waals surface area contributed by atoms with Gasteiger partial charge >= 0.3 is 5.97 Å². The van der Waals surface area contributed by atoms with Gasteiger partial charge in [0.05, 0.1) is 16.6 Å². The summed E-state index contributed by atoms with van der Waals surface area (Å²) in [6, 6.07) is 13.0. The second-order valence-electron chi connectivity index (χ2n) is 6.05. The number of carbonyl (C=O) groups excluding carboxylic acids is 2. The second kappa shape index (κ2) is 9.34. The monoisotopic (exact) mass is 377 g/mol. The van der Waals surface area contributed by atoms with Crippen LogP contribution in [0.1, 0.15) is 31.7 Å². The maximum absolute atomic E-state index is 13.0. The smallest absolute Gasteiger partial charge is 0.314 e. The van der Waals surface area contributed by atoms with Crippen LogP contribution in [0.5, 0.6) is 0 Å². The van der Waals surface area contributed by atoms with Gasteiger partial charge in [-0.25, -0.2) is 4.39 Å². The van der Waals surface area contributed by atoms with Crippen molar-refractivity contribution in [3.05, 3.63) is 64.9 Å². The minimum atomic E-state index is -0.539. The first kappa shape index (κ1) is 19.9. The molecule has 0 aliphatic carbocycles. The van der Waals surface area contributed by atoms with Crippen molar-refractivity contribution in [2.24, 2.45) is 5.92 Å². The number of ether oxygens (including phenoxy) is 1. The molecule has 2 aromatic rings. The highest BCUT2D eigenvalue weighted by Crippen LogP contribution is 2.28. The molecule has 6 heteroatoms. The Morgan fingerprint density at radius 3 is 2.50 bits per heavy atom. The molecular weight excluding hydrogens is 357 g/mol. The molecule has 0 spiro atoms. The maximum atomic E-state index is 13.0. The molecule has 26 heavy (non-hydrogen) atoms. The van der Waals surface area contributed by atoms with Gasteiger partial charge in [0, 0.05) is 0 Å². The summed E-state index contributed by atoms with van der Waals surface area (Å²) in [5.41, 5.74) is 1.12. The van der Waals surface area contributed by atoms with Crippen molar-refractivity contribution in [3.8, 4) is 0 Å². The highest BCUT2D eigenvalue weighted by molar-refractivity contribution is 6.33. The quantitative estimate of drug-likeness (QED) is 0.706. The van der Waals surface area contributed by atoms with Crippen LogP contribution in [0.3, 0.4) is 0 Å². The zero-order chi connectivity index (χ0) is 19.1. The third-order valence-corrected chi connectivity index (χ3v) is 4.49. The first-order valence-corrected chi connectivity index (χ1v) is 8.76. The lowest BCUT2D eigenvalue weighted by molar-refractivity contribution is -0.150. The maximum Gasteiger partial charge on any atom is 0.314 e. The molecule has 138 valence electrons. The largest absolute Gasteiger partial charge is 0.455 e. The van der Waals surface area contributed by atoms with Crippen molar-refractivity contribution in [3.63, 3.8) is 0 Å². The van der Waals surface area contributed by atoms with Crippen molar-refractivity contribution in [1.82, 2.24) is 0 Å². The number of nitrogens with one attached hydrogen (secondary N) is 1. The number of rotatable bonds is 7. The second-order valence-corrected chi connectivity index (χ2v) is 6.46. The van der Waals surface area contributed by atoms with Crippen LogP contribution in [0.25, 0.3) is 0 Å². The first-order chi connectivity index (χ1) is 12.4. The van der Waals surface area contributed by atoms with Gasteiger partial charge in [-0.3, -0.25) is 9.59 Å². The van der Waals surface area contributed by atoms with Crippen LogP contribution in [0.4, 0.5) is 10.1 Å². The Balaban J connectivity index is 1.99. The van der Waals surface area contributed by atoms with E-state index >= 15 is 0 Å². The average Bonchev–Trinajstić information content (AvgIpc) is 2.63. The summed E-state index contributed by atoms with van der Waals surface area (Å²) < 4.78 is 18.2. The molecule has 0 heterocycles. The van der Waals surface area contributed by atoms with Crippen LogP contribution in [0, 0.1) is 11.7 Å². The van der Waals surface area contributed by atoms with Crippen LogP contribution >= 0.6 is 11.6 Å². The molecule has 0 aromatic heterocycles. The fraction of sp³-hybridized carbons (Fsp3) is 0.300. The van der Waals surface area contributed by atoms with E-state index in [1.807, 2.05) is 44.2 Å². The van der Waals surface area contributed by atoms with E-state index in [4.69, 9.17) is 16.3 Å². The van der Waals surface area contributed by atoms with Gasteiger partial charge in [0.1, 0.15) is 5.82 Å². The van der Waals surface area contributed by atoms with Gasteiger partial charge in [-0.05, 0) is 29.7 Å². The Morgan fingerprint density at radius 1 is 1.19 bits per heavy atom. The van der Waals surface area contributed by atoms with Crippen LogP contribution in [-0.2, 0) is 14.3 Å². The Hall–Kier alpha value is -2.40. The number of hydrogen-bond donors (Lipinski definition) is 1. The van der Waals surface area contributed by atoms with Crippen LogP contribution in [0.2, 0.25) is 5.02 Å². The topological polar surface area (TPSA) is 55.4 Å². The number of anilines is 1. The van der Waals surface area contributed by atoms with Gasteiger partial charge in [-0.15, -0.1) is 0 Å². The number of esters is 1. The summed E-state index contributed by atoms with van der Waals surface area (Å²) in [6.45, 7) is 3.53. The molecule has 0 unspecified atom stereocenters. The minimum absolute atomic E-state index is 0.0690. The molecule has 4 nitrogen and oxygen atoms in total. The number of carbonyl (C=O) groups is 2. The average molecular weight is 378 g/mol. The summed E-state index contributed by atoms with van der Waals surface area (Å²) in [5.74, 6) is -1.87. The molecule has 0 aliphatic heterocycles. The van der Waals surface area contributed by atoms with E-state index in [0.29, 0.717) is 0 Å². The lowest BCUT2D eigenvalue weighted by Crippen LogP contribution is -2.27. The van der Waals surface area contributed by atoms with Crippen molar-refractivity contribution in [2.75, 3.05) is 11.9 Å². The molecule has 1 N–H and O–H groups in total. The molecule has 0 fully saturated rings. The minimum Gasteiger partial charge on any atom is -0.455 e. The van der Waals surface area contributed by atoms with Gasteiger partial charge in [0.25, 0.3) is 5.91 Å². The lowest BCUT2D eigenvalue weighted by atomic mass is 9.86. The molecule has 2 aromatic carbocycles. The fourth-order valence-electron chi connectivity index (χ4n) is 2.60. The molecule has 0 aliphatic rings. The highest BCUT2D eigenvalue weighted by atomic mass is 35.5. The molecule has 0 saturated heterocycles. The zero-order valence-corrected chi connectivity index (χ0v) is 15.4. The van der Waals surface area contributed by atoms with E-state index in [2.05, 4.69) is 5.32 Å². The summed E-state index contributed by atoms with van der Waals surface area (Å²) >= 11 is 5.86. The zero-order valence-electron chi connectivity index (χ0n) is 14.7. The molecular formula is C20H21ClFNO3. The van der Waals surface area contributed by atoms with Gasteiger partial charge in [-0.2, -0.15) is 0 Å². The number of halogens is 2. The normalized spacial score (nSPS) is 12.9. The number of benzene rings is 2. The van der Waals surface area contributed by atoms with Gasteiger partial charge in [0.2, 0.25) is 0 Å². The Kier molecular flexibility index (Phi) is 7.16. The molecule has 0 bridgehead atoms. The molecule has 2 atom stereocenters. The molecule has 0 radical (unpaired) electrons. The summed E-state index contributed by atoms with van der Waals surface area (Å²) in [4.78, 5) is 24.5. The predicted molar refractivity (Wildman–Crippen MR) is 99.6 cm³/mol. The summed E-state index contributed by atoms with van der Waals surface area (Å²) in [6.07, 6.45) is 0.798. The first-order valence-electron chi connectivity index (χ1n) is 8.38. The Morgan fingerprint density at radius 2 is 1.88 bits per heavy atom. The summed E-state index contributed by atoms with van der Waals surface area (Å²) in [5, 5.41) is 2.58. The third-order valence-electron chi connectivity index (χ3n) is 4.18. The molecule has 2 rings (SSSR count). The third kappa shape index (κ3) is 5.30. The van der Waals surface area contributed by atoms with Crippen molar-refractivity contribution >= 4 is 29.2 Å².